The van der Waals surface area contributed by atoms with E-state index in [-0.39, 0.29) is 10.6 Å². The van der Waals surface area contributed by atoms with Crippen LogP contribution in [-0.2, 0) is 14.8 Å². The zero-order valence-corrected chi connectivity index (χ0v) is 21.5. The van der Waals surface area contributed by atoms with E-state index < -0.39 is 22.5 Å². The van der Waals surface area contributed by atoms with Crippen molar-refractivity contribution in [3.05, 3.63) is 81.8 Å². The predicted molar refractivity (Wildman–Crippen MR) is 137 cm³/mol. The second-order valence-corrected chi connectivity index (χ2v) is 10.0. The molecule has 0 aliphatic heterocycles. The van der Waals surface area contributed by atoms with Gasteiger partial charge in [0, 0.05) is 16.7 Å². The van der Waals surface area contributed by atoms with Gasteiger partial charge in [0.25, 0.3) is 15.9 Å². The highest BCUT2D eigenvalue weighted by Crippen LogP contribution is 2.33. The van der Waals surface area contributed by atoms with Gasteiger partial charge >= 0.3 is 0 Å². The summed E-state index contributed by atoms with van der Waals surface area (Å²) < 4.78 is 38.5. The molecule has 0 unspecified atom stereocenters. The number of nitrogens with one attached hydrogen (secondary N) is 1. The minimum atomic E-state index is -4.11. The van der Waals surface area contributed by atoms with Gasteiger partial charge in [-0.05, 0) is 43.3 Å². The molecule has 0 aliphatic rings. The fourth-order valence-corrected chi connectivity index (χ4v) is 4.95. The van der Waals surface area contributed by atoms with Crippen LogP contribution >= 0.6 is 23.2 Å². The van der Waals surface area contributed by atoms with Gasteiger partial charge in [-0.3, -0.25) is 9.10 Å². The maximum absolute atomic E-state index is 13.5. The third-order valence-electron chi connectivity index (χ3n) is 4.91. The highest BCUT2D eigenvalue weighted by molar-refractivity contribution is 7.92. The molecule has 8 nitrogen and oxygen atoms in total. The number of amides is 1. The lowest BCUT2D eigenvalue weighted by atomic mass is 10.2. The molecular formula is C24H23Cl2N3O5S. The Kier molecular flexibility index (Phi) is 8.61. The molecule has 3 aromatic carbocycles. The third-order valence-corrected chi connectivity index (χ3v) is 7.26. The molecule has 35 heavy (non-hydrogen) atoms. The van der Waals surface area contributed by atoms with E-state index in [1.54, 1.807) is 36.4 Å². The van der Waals surface area contributed by atoms with Gasteiger partial charge in [0.15, 0.2) is 11.5 Å². The average molecular weight is 536 g/mol. The van der Waals surface area contributed by atoms with Gasteiger partial charge in [-0.1, -0.05) is 47.0 Å². The summed E-state index contributed by atoms with van der Waals surface area (Å²) in [6, 6.07) is 15.7. The summed E-state index contributed by atoms with van der Waals surface area (Å²) in [6.07, 6.45) is 1.34. The topological polar surface area (TPSA) is 97.3 Å². The first-order valence-corrected chi connectivity index (χ1v) is 12.4. The van der Waals surface area contributed by atoms with Crippen LogP contribution in [0.3, 0.4) is 0 Å². The maximum Gasteiger partial charge on any atom is 0.264 e. The van der Waals surface area contributed by atoms with Gasteiger partial charge in [-0.25, -0.2) is 13.8 Å². The van der Waals surface area contributed by atoms with Crippen LogP contribution in [0, 0.1) is 6.92 Å². The minimum Gasteiger partial charge on any atom is -0.493 e. The SMILES string of the molecule is COc1ccc(N(CC(=O)N/N=C\c2ccc(Cl)cc2Cl)S(=O)(=O)c2ccc(C)cc2)cc1OC. The molecule has 0 aliphatic carbocycles. The van der Waals surface area contributed by atoms with Gasteiger partial charge < -0.3 is 9.47 Å². The smallest absolute Gasteiger partial charge is 0.264 e. The molecule has 11 heteroatoms. The molecule has 0 heterocycles. The van der Waals surface area contributed by atoms with E-state index in [1.165, 1.54) is 44.7 Å². The Hall–Kier alpha value is -3.27. The molecule has 0 fully saturated rings. The normalized spacial score (nSPS) is 11.3. The fraction of sp³-hybridized carbons (Fsp3) is 0.167. The lowest BCUT2D eigenvalue weighted by Crippen LogP contribution is -2.39. The summed E-state index contributed by atoms with van der Waals surface area (Å²) in [5.74, 6) is 0.0551. The van der Waals surface area contributed by atoms with Crippen LogP contribution in [0.25, 0.3) is 0 Å². The summed E-state index contributed by atoms with van der Waals surface area (Å²) in [5.41, 5.74) is 3.97. The van der Waals surface area contributed by atoms with E-state index in [0.29, 0.717) is 27.1 Å². The Bertz CT molecular complexity index is 1350. The number of halogens is 2. The number of hydrazone groups is 1. The van der Waals surface area contributed by atoms with Gasteiger partial charge in [0.1, 0.15) is 6.54 Å². The van der Waals surface area contributed by atoms with E-state index in [1.807, 2.05) is 6.92 Å². The number of benzene rings is 3. The van der Waals surface area contributed by atoms with Crippen LogP contribution in [0.5, 0.6) is 11.5 Å². The highest BCUT2D eigenvalue weighted by atomic mass is 35.5. The second-order valence-electron chi connectivity index (χ2n) is 7.32. The van der Waals surface area contributed by atoms with Crippen molar-refractivity contribution >= 4 is 51.0 Å². The summed E-state index contributed by atoms with van der Waals surface area (Å²) in [6.45, 7) is 1.30. The monoisotopic (exact) mass is 535 g/mol. The van der Waals surface area contributed by atoms with Crippen LogP contribution in [0.15, 0.2) is 70.7 Å². The first-order valence-electron chi connectivity index (χ1n) is 10.2. The van der Waals surface area contributed by atoms with Crippen LogP contribution in [0.2, 0.25) is 10.0 Å². The summed E-state index contributed by atoms with van der Waals surface area (Å²) in [7, 11) is -1.21. The number of rotatable bonds is 9. The number of sulfonamides is 1. The summed E-state index contributed by atoms with van der Waals surface area (Å²) in [5, 5.41) is 4.70. The number of hydrogen-bond acceptors (Lipinski definition) is 6. The fourth-order valence-electron chi connectivity index (χ4n) is 3.08. The number of nitrogens with zero attached hydrogens (tertiary/aromatic N) is 2. The first kappa shape index (κ1) is 26.3. The van der Waals surface area contributed by atoms with Crippen LogP contribution < -0.4 is 19.2 Å². The molecule has 0 radical (unpaired) electrons. The molecule has 184 valence electrons. The van der Waals surface area contributed by atoms with E-state index in [2.05, 4.69) is 10.5 Å². The van der Waals surface area contributed by atoms with Crippen molar-refractivity contribution < 1.29 is 22.7 Å². The van der Waals surface area contributed by atoms with Crippen molar-refractivity contribution in [1.82, 2.24) is 5.43 Å². The molecule has 0 atom stereocenters. The largest absolute Gasteiger partial charge is 0.493 e. The summed E-state index contributed by atoms with van der Waals surface area (Å²) >= 11 is 12.0. The van der Waals surface area contributed by atoms with Crippen molar-refractivity contribution in [2.24, 2.45) is 5.10 Å². The van der Waals surface area contributed by atoms with Crippen molar-refractivity contribution in [3.8, 4) is 11.5 Å². The lowest BCUT2D eigenvalue weighted by Gasteiger charge is -2.24. The Morgan fingerprint density at radius 1 is 1.00 bits per heavy atom. The van der Waals surface area contributed by atoms with Crippen LogP contribution in [0.4, 0.5) is 5.69 Å². The third kappa shape index (κ3) is 6.45. The molecule has 0 spiro atoms. The number of carbonyl (C=O) groups excluding carboxylic acids is 1. The van der Waals surface area contributed by atoms with Gasteiger partial charge in [-0.15, -0.1) is 0 Å². The average Bonchev–Trinajstić information content (AvgIpc) is 2.83. The molecular weight excluding hydrogens is 513 g/mol. The number of ether oxygens (including phenoxy) is 2. The summed E-state index contributed by atoms with van der Waals surface area (Å²) in [4.78, 5) is 12.8. The maximum atomic E-state index is 13.5. The van der Waals surface area contributed by atoms with Gasteiger partial charge in [0.2, 0.25) is 0 Å². The van der Waals surface area contributed by atoms with Gasteiger partial charge in [-0.2, -0.15) is 5.10 Å². The second kappa shape index (κ2) is 11.4. The molecule has 0 bridgehead atoms. The van der Waals surface area contributed by atoms with Crippen molar-refractivity contribution in [2.75, 3.05) is 25.1 Å². The van der Waals surface area contributed by atoms with Crippen LogP contribution in [0.1, 0.15) is 11.1 Å². The molecule has 0 saturated carbocycles. The zero-order valence-electron chi connectivity index (χ0n) is 19.2. The zero-order chi connectivity index (χ0) is 25.6. The number of anilines is 1. The Morgan fingerprint density at radius 3 is 2.31 bits per heavy atom. The molecule has 1 amide bonds. The highest BCUT2D eigenvalue weighted by Gasteiger charge is 2.28. The molecule has 0 aromatic heterocycles. The quantitative estimate of drug-likeness (QED) is 0.317. The van der Waals surface area contributed by atoms with Crippen molar-refractivity contribution in [2.45, 2.75) is 11.8 Å². The van der Waals surface area contributed by atoms with E-state index in [0.717, 1.165) is 9.87 Å². The van der Waals surface area contributed by atoms with E-state index >= 15 is 0 Å². The predicted octanol–water partition coefficient (Wildman–Crippen LogP) is 4.66. The molecule has 3 aromatic rings. The van der Waals surface area contributed by atoms with Crippen molar-refractivity contribution in [1.29, 1.82) is 0 Å². The van der Waals surface area contributed by atoms with E-state index in [4.69, 9.17) is 32.7 Å². The van der Waals surface area contributed by atoms with E-state index in [9.17, 15) is 13.2 Å². The Balaban J connectivity index is 1.91. The molecule has 0 saturated heterocycles. The Labute approximate surface area is 214 Å². The molecule has 1 N–H and O–H groups in total. The number of hydrogen-bond donors (Lipinski definition) is 1. The standard InChI is InChI=1S/C24H23Cl2N3O5S/c1-16-4-9-20(10-5-16)35(31,32)29(19-8-11-22(33-2)23(13-19)34-3)15-24(30)28-27-14-17-6-7-18(25)12-21(17)26/h4-14H,15H2,1-3H3,(H,28,30)/b27-14-. The number of methoxy groups -OCH3 is 2. The number of aryl methyl sites for hydroxylation is 1. The Morgan fingerprint density at radius 2 is 1.69 bits per heavy atom. The van der Waals surface area contributed by atoms with Crippen molar-refractivity contribution in [3.63, 3.8) is 0 Å². The van der Waals surface area contributed by atoms with Gasteiger partial charge in [0.05, 0.1) is 36.0 Å². The minimum absolute atomic E-state index is 0.0298. The lowest BCUT2D eigenvalue weighted by molar-refractivity contribution is -0.119. The van der Waals surface area contributed by atoms with Crippen LogP contribution in [-0.4, -0.2) is 41.3 Å². The number of carbonyl (C=O) groups is 1. The first-order chi connectivity index (χ1) is 16.6. The molecule has 3 rings (SSSR count).